The van der Waals surface area contributed by atoms with E-state index in [1.54, 1.807) is 4.90 Å². The minimum Gasteiger partial charge on any atom is -0.342 e. The number of amides is 3. The lowest BCUT2D eigenvalue weighted by atomic mass is 10.2. The van der Waals surface area contributed by atoms with Crippen LogP contribution >= 0.6 is 11.3 Å². The number of hydrogen-bond acceptors (Lipinski definition) is 5. The van der Waals surface area contributed by atoms with Crippen molar-refractivity contribution in [3.8, 4) is 0 Å². The first-order valence-electron chi connectivity index (χ1n) is 10.7. The maximum Gasteiger partial charge on any atom is 0.264 e. The molecule has 0 N–H and O–H groups in total. The average Bonchev–Trinajstić information content (AvgIpc) is 3.37. The van der Waals surface area contributed by atoms with Crippen LogP contribution in [0.1, 0.15) is 42.8 Å². The van der Waals surface area contributed by atoms with Crippen molar-refractivity contribution in [2.75, 3.05) is 52.4 Å². The number of rotatable bonds is 6. The van der Waals surface area contributed by atoms with E-state index in [0.717, 1.165) is 38.9 Å². The Hall–Kier alpha value is -1.93. The number of carbonyl (C=O) groups is 3. The fraction of sp³-hybridized carbons (Fsp3) is 0.667. The van der Waals surface area contributed by atoms with Crippen LogP contribution in [-0.4, -0.2) is 95.7 Å². The molecule has 3 amide bonds. The van der Waals surface area contributed by atoms with E-state index in [1.807, 2.05) is 41.2 Å². The standard InChI is InChI=1S/C21H32N4O3S/c1-3-23(4-2)19(26)16-22-10-7-11-24(14-13-22)20(27)17-8-5-12-25(17)21(28)18-9-6-15-29-18/h6,9,15,17H,3-5,7-8,10-14,16H2,1-2H3/t17-/m0/s1. The summed E-state index contributed by atoms with van der Waals surface area (Å²) in [6.45, 7) is 9.32. The Morgan fingerprint density at radius 2 is 1.86 bits per heavy atom. The molecule has 3 heterocycles. The summed E-state index contributed by atoms with van der Waals surface area (Å²) in [4.78, 5) is 46.7. The third kappa shape index (κ3) is 5.17. The zero-order chi connectivity index (χ0) is 20.8. The van der Waals surface area contributed by atoms with Crippen molar-refractivity contribution in [3.05, 3.63) is 22.4 Å². The van der Waals surface area contributed by atoms with Crippen LogP contribution in [0.5, 0.6) is 0 Å². The molecule has 3 rings (SSSR count). The topological polar surface area (TPSA) is 64.2 Å². The predicted octanol–water partition coefficient (Wildman–Crippen LogP) is 1.76. The molecule has 2 fully saturated rings. The van der Waals surface area contributed by atoms with Gasteiger partial charge in [0.2, 0.25) is 11.8 Å². The normalized spacial score (nSPS) is 20.6. The van der Waals surface area contributed by atoms with Crippen LogP contribution in [0.4, 0.5) is 0 Å². The minimum absolute atomic E-state index is 0.0304. The second kappa shape index (κ2) is 10.2. The summed E-state index contributed by atoms with van der Waals surface area (Å²) in [6.07, 6.45) is 2.45. The monoisotopic (exact) mass is 420 g/mol. The van der Waals surface area contributed by atoms with E-state index in [-0.39, 0.29) is 23.8 Å². The Kier molecular flexibility index (Phi) is 7.66. The summed E-state index contributed by atoms with van der Waals surface area (Å²) in [7, 11) is 0. The molecule has 160 valence electrons. The van der Waals surface area contributed by atoms with E-state index in [1.165, 1.54) is 11.3 Å². The van der Waals surface area contributed by atoms with Gasteiger partial charge in [-0.25, -0.2) is 0 Å². The molecule has 0 radical (unpaired) electrons. The summed E-state index contributed by atoms with van der Waals surface area (Å²) in [5.41, 5.74) is 0. The van der Waals surface area contributed by atoms with Gasteiger partial charge in [-0.05, 0) is 44.6 Å². The van der Waals surface area contributed by atoms with Crippen LogP contribution in [0.2, 0.25) is 0 Å². The van der Waals surface area contributed by atoms with Crippen molar-refractivity contribution >= 4 is 29.1 Å². The molecule has 7 nitrogen and oxygen atoms in total. The van der Waals surface area contributed by atoms with E-state index in [2.05, 4.69) is 4.90 Å². The number of nitrogens with zero attached hydrogens (tertiary/aromatic N) is 4. The SMILES string of the molecule is CCN(CC)C(=O)CN1CCCN(C(=O)[C@@H]2CCCN2C(=O)c2cccs2)CC1. The highest BCUT2D eigenvalue weighted by Crippen LogP contribution is 2.24. The minimum atomic E-state index is -0.353. The lowest BCUT2D eigenvalue weighted by molar-refractivity contribution is -0.135. The van der Waals surface area contributed by atoms with Crippen LogP contribution < -0.4 is 0 Å². The Labute approximate surface area is 177 Å². The Morgan fingerprint density at radius 3 is 2.55 bits per heavy atom. The van der Waals surface area contributed by atoms with Gasteiger partial charge in [0, 0.05) is 45.8 Å². The number of hydrogen-bond donors (Lipinski definition) is 0. The fourth-order valence-electron chi connectivity index (χ4n) is 4.24. The van der Waals surface area contributed by atoms with Gasteiger partial charge in [-0.1, -0.05) is 6.07 Å². The third-order valence-electron chi connectivity index (χ3n) is 5.91. The van der Waals surface area contributed by atoms with E-state index < -0.39 is 0 Å². The van der Waals surface area contributed by atoms with Crippen LogP contribution in [0.3, 0.4) is 0 Å². The first-order valence-corrected chi connectivity index (χ1v) is 11.6. The highest BCUT2D eigenvalue weighted by atomic mass is 32.1. The maximum absolute atomic E-state index is 13.2. The first kappa shape index (κ1) is 21.8. The Bertz CT molecular complexity index is 705. The number of thiophene rings is 1. The quantitative estimate of drug-likeness (QED) is 0.703. The van der Waals surface area contributed by atoms with Gasteiger partial charge in [0.05, 0.1) is 11.4 Å². The fourth-order valence-corrected chi connectivity index (χ4v) is 4.92. The van der Waals surface area contributed by atoms with E-state index in [9.17, 15) is 14.4 Å². The van der Waals surface area contributed by atoms with Crippen LogP contribution in [0.25, 0.3) is 0 Å². The molecule has 0 unspecified atom stereocenters. The van der Waals surface area contributed by atoms with E-state index in [4.69, 9.17) is 0 Å². The van der Waals surface area contributed by atoms with Gasteiger partial charge in [-0.3, -0.25) is 19.3 Å². The van der Waals surface area contributed by atoms with Crippen molar-refractivity contribution in [2.45, 2.75) is 39.2 Å². The van der Waals surface area contributed by atoms with Gasteiger partial charge in [-0.2, -0.15) is 0 Å². The highest BCUT2D eigenvalue weighted by Gasteiger charge is 2.37. The summed E-state index contributed by atoms with van der Waals surface area (Å²) in [5.74, 6) is 0.180. The molecule has 1 aromatic heterocycles. The Balaban J connectivity index is 1.57. The van der Waals surface area contributed by atoms with Crippen LogP contribution in [-0.2, 0) is 9.59 Å². The van der Waals surface area contributed by atoms with Gasteiger partial charge >= 0.3 is 0 Å². The van der Waals surface area contributed by atoms with Gasteiger partial charge < -0.3 is 14.7 Å². The predicted molar refractivity (Wildman–Crippen MR) is 114 cm³/mol. The lowest BCUT2D eigenvalue weighted by Crippen LogP contribution is -2.49. The highest BCUT2D eigenvalue weighted by molar-refractivity contribution is 7.12. The average molecular weight is 421 g/mol. The molecule has 0 aromatic carbocycles. The van der Waals surface area contributed by atoms with E-state index in [0.29, 0.717) is 37.6 Å². The zero-order valence-electron chi connectivity index (χ0n) is 17.5. The number of likely N-dealkylation sites (tertiary alicyclic amines) is 1. The molecular formula is C21H32N4O3S. The smallest absolute Gasteiger partial charge is 0.264 e. The van der Waals surface area contributed by atoms with Gasteiger partial charge in [0.1, 0.15) is 6.04 Å². The summed E-state index contributed by atoms with van der Waals surface area (Å²) in [5, 5.41) is 1.89. The largest absolute Gasteiger partial charge is 0.342 e. The van der Waals surface area contributed by atoms with Crippen LogP contribution in [0, 0.1) is 0 Å². The zero-order valence-corrected chi connectivity index (χ0v) is 18.3. The molecule has 2 aliphatic heterocycles. The molecule has 0 aliphatic carbocycles. The van der Waals surface area contributed by atoms with Crippen molar-refractivity contribution in [3.63, 3.8) is 0 Å². The van der Waals surface area contributed by atoms with Crippen LogP contribution in [0.15, 0.2) is 17.5 Å². The second-order valence-corrected chi connectivity index (χ2v) is 8.60. The molecule has 2 saturated heterocycles. The van der Waals surface area contributed by atoms with E-state index >= 15 is 0 Å². The number of carbonyl (C=O) groups excluding carboxylic acids is 3. The van der Waals surface area contributed by atoms with Gasteiger partial charge in [-0.15, -0.1) is 11.3 Å². The van der Waals surface area contributed by atoms with Gasteiger partial charge in [0.15, 0.2) is 0 Å². The second-order valence-electron chi connectivity index (χ2n) is 7.65. The molecule has 1 atom stereocenters. The molecule has 2 aliphatic rings. The van der Waals surface area contributed by atoms with Crippen molar-refractivity contribution in [1.82, 2.24) is 19.6 Å². The molecule has 0 saturated carbocycles. The lowest BCUT2D eigenvalue weighted by Gasteiger charge is -2.29. The molecule has 0 spiro atoms. The molecule has 0 bridgehead atoms. The number of likely N-dealkylation sites (N-methyl/N-ethyl adjacent to an activating group) is 1. The first-order chi connectivity index (χ1) is 14.0. The molecule has 8 heteroatoms. The van der Waals surface area contributed by atoms with Crippen molar-refractivity contribution < 1.29 is 14.4 Å². The molecule has 29 heavy (non-hydrogen) atoms. The summed E-state index contributed by atoms with van der Waals surface area (Å²) in [6, 6.07) is 3.34. The molecular weight excluding hydrogens is 388 g/mol. The van der Waals surface area contributed by atoms with Crippen molar-refractivity contribution in [2.24, 2.45) is 0 Å². The maximum atomic E-state index is 13.2. The summed E-state index contributed by atoms with van der Waals surface area (Å²) < 4.78 is 0. The van der Waals surface area contributed by atoms with Crippen molar-refractivity contribution in [1.29, 1.82) is 0 Å². The third-order valence-corrected chi connectivity index (χ3v) is 6.76. The Morgan fingerprint density at radius 1 is 1.07 bits per heavy atom. The summed E-state index contributed by atoms with van der Waals surface area (Å²) >= 11 is 1.42. The molecule has 1 aromatic rings. The van der Waals surface area contributed by atoms with Gasteiger partial charge in [0.25, 0.3) is 5.91 Å².